The Hall–Kier alpha value is -2.19. The van der Waals surface area contributed by atoms with Crippen LogP contribution in [0.1, 0.15) is 29.5 Å². The van der Waals surface area contributed by atoms with Gasteiger partial charge in [0.05, 0.1) is 18.8 Å². The van der Waals surface area contributed by atoms with Gasteiger partial charge in [-0.15, -0.1) is 0 Å². The van der Waals surface area contributed by atoms with Crippen molar-refractivity contribution in [3.8, 4) is 5.75 Å². The molecule has 0 spiro atoms. The lowest BCUT2D eigenvalue weighted by atomic mass is 9.90. The molecule has 2 saturated heterocycles. The van der Waals surface area contributed by atoms with E-state index in [-0.39, 0.29) is 19.0 Å². The number of nitrogens with zero attached hydrogens (tertiary/aromatic N) is 2. The van der Waals surface area contributed by atoms with Crippen LogP contribution in [0.5, 0.6) is 5.75 Å². The summed E-state index contributed by atoms with van der Waals surface area (Å²) in [6.07, 6.45) is 1.22. The number of halogens is 1. The van der Waals surface area contributed by atoms with E-state index in [9.17, 15) is 14.6 Å². The maximum atomic E-state index is 13.2. The summed E-state index contributed by atoms with van der Waals surface area (Å²) < 4.78 is 25.1. The monoisotopic (exact) mass is 472 g/mol. The van der Waals surface area contributed by atoms with E-state index < -0.39 is 11.2 Å². The number of piperidine rings is 1. The first kappa shape index (κ1) is 24.9. The third-order valence-electron chi connectivity index (χ3n) is 7.20. The van der Waals surface area contributed by atoms with Crippen LogP contribution in [0, 0.1) is 26.6 Å². The molecule has 186 valence electrons. The highest BCUT2D eigenvalue weighted by Gasteiger charge is 2.39. The number of hydrogen-bond acceptors (Lipinski definition) is 6. The van der Waals surface area contributed by atoms with E-state index in [4.69, 9.17) is 9.47 Å². The lowest BCUT2D eigenvalue weighted by Gasteiger charge is -2.42. The fraction of sp³-hybridized carbons (Fsp3) is 0.556. The standard InChI is InChI=1S/C27H37FN2O4/c1-20-4-5-21(2)25(22(20)3)34-19-27(32)17-29(14-15-33-18-27)16-26(31)10-12-30(13-11-26)24-8-6-23(28)7-9-24/h4-9,31-32H,10-19H2,1-3H3/t27-/m1/s1. The molecule has 0 amide bonds. The molecular weight excluding hydrogens is 435 g/mol. The smallest absolute Gasteiger partial charge is 0.134 e. The van der Waals surface area contributed by atoms with Gasteiger partial charge >= 0.3 is 0 Å². The third-order valence-corrected chi connectivity index (χ3v) is 7.20. The van der Waals surface area contributed by atoms with Crippen molar-refractivity contribution in [1.82, 2.24) is 4.90 Å². The van der Waals surface area contributed by atoms with Gasteiger partial charge in [-0.3, -0.25) is 4.90 Å². The molecule has 0 bridgehead atoms. The Morgan fingerprint density at radius 3 is 2.32 bits per heavy atom. The number of rotatable bonds is 6. The molecule has 2 heterocycles. The molecule has 4 rings (SSSR count). The summed E-state index contributed by atoms with van der Waals surface area (Å²) in [6, 6.07) is 10.6. The van der Waals surface area contributed by atoms with Crippen LogP contribution in [-0.4, -0.2) is 78.9 Å². The van der Waals surface area contributed by atoms with Gasteiger partial charge in [0.25, 0.3) is 0 Å². The lowest BCUT2D eigenvalue weighted by molar-refractivity contribution is -0.0744. The molecular formula is C27H37FN2O4. The number of ether oxygens (including phenoxy) is 2. The molecule has 2 aromatic rings. The molecule has 0 aromatic heterocycles. The van der Waals surface area contributed by atoms with E-state index in [2.05, 4.69) is 22.8 Å². The van der Waals surface area contributed by atoms with Crippen molar-refractivity contribution < 1.29 is 24.1 Å². The van der Waals surface area contributed by atoms with Crippen molar-refractivity contribution in [2.75, 3.05) is 57.4 Å². The SMILES string of the molecule is Cc1ccc(C)c(OC[C@]2(O)COCCN(CC3(O)CCN(c4ccc(F)cc4)CC3)C2)c1C. The Balaban J connectivity index is 1.36. The second kappa shape index (κ2) is 10.2. The van der Waals surface area contributed by atoms with Crippen molar-refractivity contribution >= 4 is 5.69 Å². The van der Waals surface area contributed by atoms with Crippen LogP contribution in [0.4, 0.5) is 10.1 Å². The first-order valence-corrected chi connectivity index (χ1v) is 12.1. The van der Waals surface area contributed by atoms with E-state index in [0.717, 1.165) is 28.1 Å². The van der Waals surface area contributed by atoms with E-state index in [1.165, 1.54) is 12.1 Å². The van der Waals surface area contributed by atoms with Crippen molar-refractivity contribution in [3.63, 3.8) is 0 Å². The fourth-order valence-corrected chi connectivity index (χ4v) is 4.98. The van der Waals surface area contributed by atoms with Crippen LogP contribution in [-0.2, 0) is 4.74 Å². The minimum atomic E-state index is -1.16. The predicted molar refractivity (Wildman–Crippen MR) is 131 cm³/mol. The molecule has 0 radical (unpaired) electrons. The quantitative estimate of drug-likeness (QED) is 0.673. The van der Waals surface area contributed by atoms with Crippen molar-refractivity contribution in [1.29, 1.82) is 0 Å². The summed E-state index contributed by atoms with van der Waals surface area (Å²) in [4.78, 5) is 4.27. The van der Waals surface area contributed by atoms with Crippen LogP contribution in [0.15, 0.2) is 36.4 Å². The van der Waals surface area contributed by atoms with E-state index in [1.807, 2.05) is 19.9 Å². The molecule has 6 nitrogen and oxygen atoms in total. The van der Waals surface area contributed by atoms with Crippen LogP contribution < -0.4 is 9.64 Å². The van der Waals surface area contributed by atoms with Crippen LogP contribution in [0.25, 0.3) is 0 Å². The second-order valence-electron chi connectivity index (χ2n) is 10.1. The number of benzene rings is 2. The first-order valence-electron chi connectivity index (χ1n) is 12.1. The van der Waals surface area contributed by atoms with Gasteiger partial charge in [-0.2, -0.15) is 0 Å². The fourth-order valence-electron chi connectivity index (χ4n) is 4.98. The second-order valence-corrected chi connectivity index (χ2v) is 10.1. The molecule has 2 fully saturated rings. The number of aryl methyl sites for hydroxylation is 2. The zero-order chi connectivity index (χ0) is 24.3. The molecule has 2 N–H and O–H groups in total. The Morgan fingerprint density at radius 1 is 0.941 bits per heavy atom. The minimum absolute atomic E-state index is 0.130. The summed E-state index contributed by atoms with van der Waals surface area (Å²) in [5, 5.41) is 22.7. The highest BCUT2D eigenvalue weighted by atomic mass is 19.1. The molecule has 7 heteroatoms. The summed E-state index contributed by atoms with van der Waals surface area (Å²) in [5.41, 5.74) is 2.24. The van der Waals surface area contributed by atoms with E-state index in [0.29, 0.717) is 52.2 Å². The van der Waals surface area contributed by atoms with Crippen LogP contribution >= 0.6 is 0 Å². The Kier molecular flexibility index (Phi) is 7.48. The van der Waals surface area contributed by atoms with E-state index in [1.54, 1.807) is 12.1 Å². The van der Waals surface area contributed by atoms with Crippen molar-refractivity contribution in [2.45, 2.75) is 44.8 Å². The molecule has 0 unspecified atom stereocenters. The number of anilines is 1. The highest BCUT2D eigenvalue weighted by molar-refractivity contribution is 5.47. The van der Waals surface area contributed by atoms with Crippen molar-refractivity contribution in [3.05, 3.63) is 58.9 Å². The minimum Gasteiger partial charge on any atom is -0.490 e. The molecule has 0 saturated carbocycles. The topological polar surface area (TPSA) is 65.4 Å². The zero-order valence-corrected chi connectivity index (χ0v) is 20.5. The summed E-state index contributed by atoms with van der Waals surface area (Å²) in [7, 11) is 0. The molecule has 2 aliphatic rings. The lowest BCUT2D eigenvalue weighted by Crippen LogP contribution is -2.55. The van der Waals surface area contributed by atoms with Crippen molar-refractivity contribution in [2.24, 2.45) is 0 Å². The average molecular weight is 473 g/mol. The van der Waals surface area contributed by atoms with Gasteiger partial charge in [0, 0.05) is 38.4 Å². The third kappa shape index (κ3) is 5.89. The van der Waals surface area contributed by atoms with Gasteiger partial charge in [-0.05, 0) is 74.6 Å². The molecule has 1 atom stereocenters. The summed E-state index contributed by atoms with van der Waals surface area (Å²) >= 11 is 0. The van der Waals surface area contributed by atoms with E-state index >= 15 is 0 Å². The maximum Gasteiger partial charge on any atom is 0.134 e. The van der Waals surface area contributed by atoms with Gasteiger partial charge in [0.2, 0.25) is 0 Å². The van der Waals surface area contributed by atoms with Gasteiger partial charge in [-0.25, -0.2) is 4.39 Å². The predicted octanol–water partition coefficient (Wildman–Crippen LogP) is 3.22. The molecule has 2 aliphatic heterocycles. The van der Waals surface area contributed by atoms with Crippen LogP contribution in [0.3, 0.4) is 0 Å². The van der Waals surface area contributed by atoms with Gasteiger partial charge in [0.1, 0.15) is 23.8 Å². The molecule has 0 aliphatic carbocycles. The van der Waals surface area contributed by atoms with Gasteiger partial charge in [-0.1, -0.05) is 12.1 Å². The Bertz CT molecular complexity index is 975. The molecule has 34 heavy (non-hydrogen) atoms. The number of hydrogen-bond donors (Lipinski definition) is 2. The van der Waals surface area contributed by atoms with Crippen LogP contribution in [0.2, 0.25) is 0 Å². The first-order chi connectivity index (χ1) is 16.2. The average Bonchev–Trinajstić information content (AvgIpc) is 2.98. The number of aliphatic hydroxyl groups is 2. The maximum absolute atomic E-state index is 13.2. The summed E-state index contributed by atoms with van der Waals surface area (Å²) in [5.74, 6) is 0.570. The molecule has 2 aromatic carbocycles. The number of β-amino-alcohol motifs (C(OH)–C–C–N with tert-alkyl or cyclic N) is 2. The largest absolute Gasteiger partial charge is 0.490 e. The Morgan fingerprint density at radius 2 is 1.62 bits per heavy atom. The summed E-state index contributed by atoms with van der Waals surface area (Å²) in [6.45, 7) is 9.82. The highest BCUT2D eigenvalue weighted by Crippen LogP contribution is 2.30. The Labute approximate surface area is 201 Å². The zero-order valence-electron chi connectivity index (χ0n) is 20.5. The van der Waals surface area contributed by atoms with Gasteiger partial charge in [0.15, 0.2) is 0 Å². The van der Waals surface area contributed by atoms with Gasteiger partial charge < -0.3 is 24.6 Å². The normalized spacial score (nSPS) is 23.5.